The molecule has 12 nitrogen and oxygen atoms in total. The van der Waals surface area contributed by atoms with Gasteiger partial charge >= 0.3 is 24.1 Å². The van der Waals surface area contributed by atoms with Crippen LogP contribution in [0.15, 0.2) is 103 Å². The highest BCUT2D eigenvalue weighted by Gasteiger charge is 2.15. The number of benzene rings is 4. The lowest BCUT2D eigenvalue weighted by Crippen LogP contribution is -2.28. The Balaban J connectivity index is 0.000000308. The van der Waals surface area contributed by atoms with Gasteiger partial charge in [-0.1, -0.05) is 67.2 Å². The first-order chi connectivity index (χ1) is 25.7. The Kier molecular flexibility index (Phi) is 19.2. The van der Waals surface area contributed by atoms with E-state index in [9.17, 15) is 19.2 Å². The summed E-state index contributed by atoms with van der Waals surface area (Å²) in [6.45, 7) is 11.4. The zero-order valence-corrected chi connectivity index (χ0v) is 33.8. The number of nitrogens with one attached hydrogen (secondary N) is 3. The average Bonchev–Trinajstić information content (AvgIpc) is 3.15. The fraction of sp³-hybridized carbons (Fsp3) is 0.200. The number of alkyl carbamates (subject to hydrolysis) is 2. The van der Waals surface area contributed by atoms with E-state index < -0.39 is 24.1 Å². The van der Waals surface area contributed by atoms with E-state index >= 15 is 0 Å². The molecule has 0 heterocycles. The molecule has 54 heavy (non-hydrogen) atoms. The van der Waals surface area contributed by atoms with Gasteiger partial charge in [-0.3, -0.25) is 15.5 Å². The van der Waals surface area contributed by atoms with E-state index in [1.165, 1.54) is 35.0 Å². The standard InChI is InChI=1S/C20H22N2O4.C12H13NO4.C8H9ClIN/c1-13-9-16(10-14(2)18(13)21)11-17(19(23)25-3)22-20(24)26-12-15-7-5-4-6-8-15;1-9(11(14)16-2)13-12(15)17-8-10-6-4-3-5-7-10;1-5-3-7(10)4-6(2)8(5)11-9/h4-11H,12,21H2,1-3H3,(H,22,24);3-7H,1,8H2,2H3,(H,13,15);3-4,11H,1-2H3/b17-11+;;. The average molecular weight is 871 g/mol. The maximum Gasteiger partial charge on any atom is 0.412 e. The number of ether oxygens (including phenoxy) is 4. The Morgan fingerprint density at radius 3 is 1.59 bits per heavy atom. The van der Waals surface area contributed by atoms with Crippen molar-refractivity contribution in [2.24, 2.45) is 0 Å². The number of nitrogens with two attached hydrogens (primary N) is 1. The molecule has 14 heteroatoms. The first kappa shape index (κ1) is 44.6. The number of hydrogen-bond donors (Lipinski definition) is 4. The molecular weight excluding hydrogens is 827 g/mol. The molecule has 0 aliphatic heterocycles. The van der Waals surface area contributed by atoms with Crippen molar-refractivity contribution in [3.8, 4) is 0 Å². The third-order valence-corrected chi connectivity index (χ3v) is 8.08. The second-order valence-electron chi connectivity index (χ2n) is 11.5. The van der Waals surface area contributed by atoms with Gasteiger partial charge in [-0.15, -0.1) is 0 Å². The Labute approximate surface area is 334 Å². The molecule has 0 aliphatic carbocycles. The summed E-state index contributed by atoms with van der Waals surface area (Å²) < 4.78 is 20.4. The van der Waals surface area contributed by atoms with Crippen LogP contribution >= 0.6 is 34.4 Å². The quantitative estimate of drug-likeness (QED) is 0.0304. The summed E-state index contributed by atoms with van der Waals surface area (Å²) in [6.07, 6.45) is 0.0355. The number of carbonyl (C=O) groups excluding carboxylic acids is 4. The maximum atomic E-state index is 12.0. The van der Waals surface area contributed by atoms with Crippen LogP contribution in [-0.2, 0) is 41.8 Å². The van der Waals surface area contributed by atoms with Crippen molar-refractivity contribution in [2.75, 3.05) is 24.8 Å². The lowest BCUT2D eigenvalue weighted by molar-refractivity contribution is -0.137. The smallest absolute Gasteiger partial charge is 0.412 e. The third kappa shape index (κ3) is 15.6. The molecule has 0 atom stereocenters. The van der Waals surface area contributed by atoms with Gasteiger partial charge in [0.05, 0.1) is 19.9 Å². The van der Waals surface area contributed by atoms with Gasteiger partial charge in [0.2, 0.25) is 0 Å². The maximum absolute atomic E-state index is 12.0. The monoisotopic (exact) mass is 870 g/mol. The number of aryl methyl sites for hydroxylation is 4. The summed E-state index contributed by atoms with van der Waals surface area (Å²) in [5.41, 5.74) is 14.0. The summed E-state index contributed by atoms with van der Waals surface area (Å²) in [5, 5.41) is 4.60. The zero-order chi connectivity index (χ0) is 40.2. The fourth-order valence-electron chi connectivity index (χ4n) is 4.50. The number of esters is 2. The molecule has 0 fully saturated rings. The molecule has 2 amide bonds. The Morgan fingerprint density at radius 1 is 0.722 bits per heavy atom. The van der Waals surface area contributed by atoms with Crippen molar-refractivity contribution in [2.45, 2.75) is 40.9 Å². The molecule has 0 spiro atoms. The van der Waals surface area contributed by atoms with Gasteiger partial charge in [0.1, 0.15) is 24.6 Å². The number of amides is 2. The summed E-state index contributed by atoms with van der Waals surface area (Å²) >= 11 is 7.83. The van der Waals surface area contributed by atoms with Gasteiger partial charge in [0.25, 0.3) is 0 Å². The number of anilines is 2. The highest BCUT2D eigenvalue weighted by molar-refractivity contribution is 14.1. The zero-order valence-electron chi connectivity index (χ0n) is 30.9. The number of nitrogen functional groups attached to an aromatic ring is 1. The van der Waals surface area contributed by atoms with Crippen LogP contribution in [0.4, 0.5) is 21.0 Å². The number of rotatable bonds is 10. The van der Waals surface area contributed by atoms with Crippen molar-refractivity contribution in [3.63, 3.8) is 0 Å². The summed E-state index contributed by atoms with van der Waals surface area (Å²) in [4.78, 5) is 48.8. The van der Waals surface area contributed by atoms with Crippen LogP contribution in [-0.4, -0.2) is 38.3 Å². The minimum atomic E-state index is -0.746. The number of hydrogen-bond acceptors (Lipinski definition) is 10. The lowest BCUT2D eigenvalue weighted by atomic mass is 10.0. The number of halogens is 2. The number of carbonyl (C=O) groups is 4. The van der Waals surface area contributed by atoms with Gasteiger partial charge in [0.15, 0.2) is 0 Å². The first-order valence-electron chi connectivity index (χ1n) is 16.2. The molecule has 0 aliphatic rings. The van der Waals surface area contributed by atoms with Gasteiger partial charge < -0.3 is 24.7 Å². The molecule has 0 bridgehead atoms. The van der Waals surface area contributed by atoms with Crippen molar-refractivity contribution < 1.29 is 38.1 Å². The molecule has 0 saturated heterocycles. The van der Waals surface area contributed by atoms with E-state index in [1.54, 1.807) is 0 Å². The van der Waals surface area contributed by atoms with Gasteiger partial charge in [-0.25, -0.2) is 19.2 Å². The van der Waals surface area contributed by atoms with Crippen molar-refractivity contribution in [1.82, 2.24) is 10.6 Å². The second-order valence-corrected chi connectivity index (χ2v) is 12.9. The highest BCUT2D eigenvalue weighted by atomic mass is 127. The van der Waals surface area contributed by atoms with Gasteiger partial charge in [-0.2, -0.15) is 0 Å². The SMILES string of the molecule is C=C(NC(=O)OCc1ccccc1)C(=O)OC.COC(=O)/C(=C\c1cc(C)c(N)c(C)c1)NC(=O)OCc1ccccc1.Cc1cc(I)cc(C)c1NCl. The Hall–Kier alpha value is -5.54. The molecule has 0 radical (unpaired) electrons. The van der Waals surface area contributed by atoms with Crippen molar-refractivity contribution in [1.29, 1.82) is 0 Å². The molecular formula is C40H44ClIN4O8. The van der Waals surface area contributed by atoms with Crippen LogP contribution in [0.1, 0.15) is 38.9 Å². The predicted molar refractivity (Wildman–Crippen MR) is 219 cm³/mol. The fourth-order valence-corrected chi connectivity index (χ4v) is 5.73. The lowest BCUT2D eigenvalue weighted by Gasteiger charge is -2.11. The summed E-state index contributed by atoms with van der Waals surface area (Å²) in [7, 11) is 2.44. The van der Waals surface area contributed by atoms with Crippen molar-refractivity contribution in [3.05, 3.63) is 145 Å². The summed E-state index contributed by atoms with van der Waals surface area (Å²) in [6, 6.07) is 26.3. The van der Waals surface area contributed by atoms with E-state index in [2.05, 4.69) is 61.5 Å². The first-order valence-corrected chi connectivity index (χ1v) is 17.7. The van der Waals surface area contributed by atoms with E-state index in [1.807, 2.05) is 100 Å². The van der Waals surface area contributed by atoms with Crippen LogP contribution < -0.4 is 21.2 Å². The minimum absolute atomic E-state index is 0.0193. The van der Waals surface area contributed by atoms with Crippen LogP contribution in [0.3, 0.4) is 0 Å². The normalized spacial score (nSPS) is 10.2. The molecule has 4 rings (SSSR count). The highest BCUT2D eigenvalue weighted by Crippen LogP contribution is 2.23. The minimum Gasteiger partial charge on any atom is -0.464 e. The molecule has 0 unspecified atom stereocenters. The predicted octanol–water partition coefficient (Wildman–Crippen LogP) is 8.40. The van der Waals surface area contributed by atoms with E-state index in [0.29, 0.717) is 5.69 Å². The van der Waals surface area contributed by atoms with Crippen LogP contribution in [0.25, 0.3) is 6.08 Å². The molecule has 0 aromatic heterocycles. The summed E-state index contributed by atoms with van der Waals surface area (Å²) in [5.74, 6) is -1.38. The van der Waals surface area contributed by atoms with Crippen LogP contribution in [0.2, 0.25) is 0 Å². The van der Waals surface area contributed by atoms with Crippen LogP contribution in [0, 0.1) is 31.3 Å². The van der Waals surface area contributed by atoms with Gasteiger partial charge in [-0.05, 0) is 120 Å². The molecule has 4 aromatic rings. The van der Waals surface area contributed by atoms with E-state index in [0.717, 1.165) is 33.5 Å². The van der Waals surface area contributed by atoms with E-state index in [-0.39, 0.29) is 24.6 Å². The number of methoxy groups -OCH3 is 2. The topological polar surface area (TPSA) is 167 Å². The molecule has 4 aromatic carbocycles. The second kappa shape index (κ2) is 23.2. The molecule has 5 N–H and O–H groups in total. The van der Waals surface area contributed by atoms with Crippen LogP contribution in [0.5, 0.6) is 0 Å². The van der Waals surface area contributed by atoms with Gasteiger partial charge in [0, 0.05) is 21.0 Å². The van der Waals surface area contributed by atoms with Crippen molar-refractivity contribution >= 4 is 75.9 Å². The largest absolute Gasteiger partial charge is 0.464 e. The Bertz CT molecular complexity index is 1890. The third-order valence-electron chi connectivity index (χ3n) is 7.27. The molecule has 286 valence electrons. The Morgan fingerprint density at radius 2 is 1.17 bits per heavy atom. The van der Waals surface area contributed by atoms with E-state index in [4.69, 9.17) is 31.7 Å². The molecule has 0 saturated carbocycles.